The fourth-order valence-electron chi connectivity index (χ4n) is 2.72. The maximum Gasteiger partial charge on any atom is 0.416 e. The molecule has 0 radical (unpaired) electrons. The molecule has 1 unspecified atom stereocenters. The average Bonchev–Trinajstić information content (AvgIpc) is 2.54. The van der Waals surface area contributed by atoms with E-state index in [0.29, 0.717) is 12.4 Å². The van der Waals surface area contributed by atoms with Gasteiger partial charge in [0.05, 0.1) is 15.2 Å². The van der Waals surface area contributed by atoms with E-state index in [9.17, 15) is 26.4 Å². The molecular weight excluding hydrogens is 367 g/mol. The molecule has 0 saturated carbocycles. The Bertz CT molecular complexity index is 713. The molecule has 0 amide bonds. The maximum absolute atomic E-state index is 12.8. The van der Waals surface area contributed by atoms with Gasteiger partial charge >= 0.3 is 6.18 Å². The van der Waals surface area contributed by atoms with Crippen LogP contribution in [0.3, 0.4) is 0 Å². The van der Waals surface area contributed by atoms with Gasteiger partial charge in [-0.05, 0) is 38.0 Å². The molecular formula is C15H17ClF3NO3S. The summed E-state index contributed by atoms with van der Waals surface area (Å²) >= 11 is 5.82. The number of benzene rings is 1. The molecule has 0 bridgehead atoms. The first kappa shape index (κ1) is 19.2. The first-order valence-electron chi connectivity index (χ1n) is 7.26. The zero-order valence-electron chi connectivity index (χ0n) is 12.9. The van der Waals surface area contributed by atoms with Gasteiger partial charge in [0.25, 0.3) is 0 Å². The third-order valence-corrected chi connectivity index (χ3v) is 7.40. The van der Waals surface area contributed by atoms with Gasteiger partial charge in [0.15, 0.2) is 16.1 Å². The molecule has 1 saturated heterocycles. The van der Waals surface area contributed by atoms with Crippen molar-refractivity contribution >= 4 is 27.7 Å². The summed E-state index contributed by atoms with van der Waals surface area (Å²) in [5.74, 6) is 0. The number of halogens is 4. The number of nitrogens with zero attached hydrogens (tertiary/aromatic N) is 1. The second kappa shape index (κ2) is 6.65. The highest BCUT2D eigenvalue weighted by atomic mass is 35.5. The third-order valence-electron chi connectivity index (χ3n) is 4.44. The van der Waals surface area contributed by atoms with Crippen LogP contribution < -0.4 is 0 Å². The van der Waals surface area contributed by atoms with Gasteiger partial charge in [-0.1, -0.05) is 17.7 Å². The standard InChI is InChI=1S/C15H17ClF3NO3S/c1-14(5-7-20(8-6-14)13(16)10-21)24(22,23)12-4-2-3-11(9-12)15(17,18)19/h2-4,9-10,13H,5-8H2,1H3. The summed E-state index contributed by atoms with van der Waals surface area (Å²) in [4.78, 5) is 12.0. The minimum absolute atomic E-state index is 0.183. The van der Waals surface area contributed by atoms with E-state index in [2.05, 4.69) is 0 Å². The molecule has 0 N–H and O–H groups in total. The predicted octanol–water partition coefficient (Wildman–Crippen LogP) is 3.10. The van der Waals surface area contributed by atoms with Crippen molar-refractivity contribution in [2.45, 2.75) is 41.1 Å². The number of aldehydes is 1. The van der Waals surface area contributed by atoms with Gasteiger partial charge in [0.2, 0.25) is 0 Å². The van der Waals surface area contributed by atoms with E-state index in [1.165, 1.54) is 13.0 Å². The molecule has 4 nitrogen and oxygen atoms in total. The molecule has 0 spiro atoms. The summed E-state index contributed by atoms with van der Waals surface area (Å²) in [5.41, 5.74) is -1.82. The van der Waals surface area contributed by atoms with Crippen molar-refractivity contribution in [1.29, 1.82) is 0 Å². The van der Waals surface area contributed by atoms with E-state index < -0.39 is 31.8 Å². The van der Waals surface area contributed by atoms with E-state index in [1.54, 1.807) is 4.90 Å². The Labute approximate surface area is 143 Å². The normalized spacial score (nSPS) is 20.5. The third kappa shape index (κ3) is 3.60. The molecule has 1 aromatic carbocycles. The van der Waals surface area contributed by atoms with Crippen molar-refractivity contribution in [3.63, 3.8) is 0 Å². The Hall–Kier alpha value is -1.12. The SMILES string of the molecule is CC1(S(=O)(=O)c2cccc(C(F)(F)F)c2)CCN(C(Cl)C=O)CC1. The Morgan fingerprint density at radius 2 is 1.88 bits per heavy atom. The second-order valence-electron chi connectivity index (χ2n) is 6.02. The predicted molar refractivity (Wildman–Crippen MR) is 83.5 cm³/mol. The summed E-state index contributed by atoms with van der Waals surface area (Å²) in [5, 5.41) is 0. The largest absolute Gasteiger partial charge is 0.416 e. The molecule has 1 aromatic rings. The fraction of sp³-hybridized carbons (Fsp3) is 0.533. The number of carbonyl (C=O) groups is 1. The number of carbonyl (C=O) groups excluding carboxylic acids is 1. The topological polar surface area (TPSA) is 54.5 Å². The van der Waals surface area contributed by atoms with Crippen molar-refractivity contribution < 1.29 is 26.4 Å². The Morgan fingerprint density at radius 1 is 1.29 bits per heavy atom. The average molecular weight is 384 g/mol. The fourth-order valence-corrected chi connectivity index (χ4v) is 4.75. The van der Waals surface area contributed by atoms with Crippen molar-refractivity contribution in [3.05, 3.63) is 29.8 Å². The molecule has 0 aromatic heterocycles. The molecule has 1 fully saturated rings. The quantitative estimate of drug-likeness (QED) is 0.455. The summed E-state index contributed by atoms with van der Waals surface area (Å²) in [6.45, 7) is 2.08. The van der Waals surface area contributed by atoms with Crippen LogP contribution in [0, 0.1) is 0 Å². The van der Waals surface area contributed by atoms with Crippen LogP contribution in [0.25, 0.3) is 0 Å². The number of sulfone groups is 1. The van der Waals surface area contributed by atoms with Crippen LogP contribution in [0.4, 0.5) is 13.2 Å². The van der Waals surface area contributed by atoms with E-state index in [0.717, 1.165) is 12.1 Å². The van der Waals surface area contributed by atoms with Gasteiger partial charge in [0, 0.05) is 13.1 Å². The van der Waals surface area contributed by atoms with Crippen LogP contribution >= 0.6 is 11.6 Å². The van der Waals surface area contributed by atoms with Crippen molar-refractivity contribution in [3.8, 4) is 0 Å². The Kier molecular flexibility index (Phi) is 5.32. The van der Waals surface area contributed by atoms with Crippen molar-refractivity contribution in [2.75, 3.05) is 13.1 Å². The van der Waals surface area contributed by atoms with Crippen LogP contribution in [0.2, 0.25) is 0 Å². The summed E-state index contributed by atoms with van der Waals surface area (Å²) in [6, 6.07) is 3.78. The molecule has 0 aliphatic carbocycles. The number of hydrogen-bond donors (Lipinski definition) is 0. The van der Waals surface area contributed by atoms with Gasteiger partial charge in [-0.15, -0.1) is 0 Å². The zero-order valence-corrected chi connectivity index (χ0v) is 14.5. The highest BCUT2D eigenvalue weighted by molar-refractivity contribution is 7.92. The van der Waals surface area contributed by atoms with Crippen LogP contribution in [0.15, 0.2) is 29.2 Å². The monoisotopic (exact) mass is 383 g/mol. The van der Waals surface area contributed by atoms with E-state index >= 15 is 0 Å². The van der Waals surface area contributed by atoms with E-state index in [-0.39, 0.29) is 30.8 Å². The lowest BCUT2D eigenvalue weighted by atomic mass is 9.98. The Balaban J connectivity index is 2.29. The van der Waals surface area contributed by atoms with Crippen LogP contribution in [-0.2, 0) is 20.8 Å². The first-order valence-corrected chi connectivity index (χ1v) is 9.18. The van der Waals surface area contributed by atoms with Crippen LogP contribution in [0.1, 0.15) is 25.3 Å². The first-order chi connectivity index (χ1) is 11.0. The minimum Gasteiger partial charge on any atom is -0.300 e. The lowest BCUT2D eigenvalue weighted by Gasteiger charge is -2.39. The summed E-state index contributed by atoms with van der Waals surface area (Å²) < 4.78 is 63.0. The lowest BCUT2D eigenvalue weighted by Crippen LogP contribution is -2.49. The second-order valence-corrected chi connectivity index (χ2v) is 8.93. The number of hydrogen-bond acceptors (Lipinski definition) is 4. The summed E-state index contributed by atoms with van der Waals surface area (Å²) in [7, 11) is -3.96. The van der Waals surface area contributed by atoms with E-state index in [1.807, 2.05) is 0 Å². The number of alkyl halides is 4. The van der Waals surface area contributed by atoms with Crippen LogP contribution in [0.5, 0.6) is 0 Å². The molecule has 1 aliphatic rings. The zero-order chi connectivity index (χ0) is 18.2. The lowest BCUT2D eigenvalue weighted by molar-refractivity contribution is -0.137. The Morgan fingerprint density at radius 3 is 2.38 bits per heavy atom. The molecule has 9 heteroatoms. The molecule has 1 heterocycles. The maximum atomic E-state index is 12.8. The highest BCUT2D eigenvalue weighted by Crippen LogP contribution is 2.37. The molecule has 1 aliphatic heterocycles. The molecule has 2 rings (SSSR count). The van der Waals surface area contributed by atoms with Gasteiger partial charge in [0.1, 0.15) is 5.50 Å². The molecule has 1 atom stereocenters. The number of rotatable bonds is 4. The van der Waals surface area contributed by atoms with Gasteiger partial charge in [-0.3, -0.25) is 4.90 Å². The summed E-state index contributed by atoms with van der Waals surface area (Å²) in [6.07, 6.45) is -3.68. The molecule has 24 heavy (non-hydrogen) atoms. The minimum atomic E-state index is -4.61. The highest BCUT2D eigenvalue weighted by Gasteiger charge is 2.44. The van der Waals surface area contributed by atoms with Gasteiger partial charge in [-0.25, -0.2) is 8.42 Å². The molecule has 134 valence electrons. The van der Waals surface area contributed by atoms with Gasteiger partial charge in [-0.2, -0.15) is 13.2 Å². The van der Waals surface area contributed by atoms with E-state index in [4.69, 9.17) is 11.6 Å². The van der Waals surface area contributed by atoms with Crippen molar-refractivity contribution in [1.82, 2.24) is 4.90 Å². The van der Waals surface area contributed by atoms with Gasteiger partial charge < -0.3 is 4.79 Å². The van der Waals surface area contributed by atoms with Crippen LogP contribution in [-0.4, -0.2) is 42.9 Å². The number of likely N-dealkylation sites (tertiary alicyclic amines) is 1. The van der Waals surface area contributed by atoms with Crippen molar-refractivity contribution in [2.24, 2.45) is 0 Å². The smallest absolute Gasteiger partial charge is 0.300 e. The number of piperidine rings is 1.